The number of nitrogens with one attached hydrogen (secondary N) is 1. The standard InChI is InChI=1S/C17H13ClN2/c18-15-8-4-9-16(11-15)20-19-12-14-7-3-6-13-5-1-2-10-17(13)14/h1-12,20H. The number of hydrogen-bond acceptors (Lipinski definition) is 2. The van der Waals surface area contributed by atoms with Gasteiger partial charge in [-0.05, 0) is 29.0 Å². The van der Waals surface area contributed by atoms with Crippen molar-refractivity contribution in [3.8, 4) is 0 Å². The number of anilines is 1. The summed E-state index contributed by atoms with van der Waals surface area (Å²) in [5.41, 5.74) is 4.93. The van der Waals surface area contributed by atoms with E-state index in [2.05, 4.69) is 28.7 Å². The Bertz CT molecular complexity index is 760. The molecular formula is C17H13ClN2. The van der Waals surface area contributed by atoms with E-state index in [1.165, 1.54) is 10.8 Å². The molecule has 0 aliphatic carbocycles. The van der Waals surface area contributed by atoms with E-state index in [0.717, 1.165) is 11.3 Å². The molecule has 0 spiro atoms. The van der Waals surface area contributed by atoms with Crippen LogP contribution >= 0.6 is 11.6 Å². The average molecular weight is 281 g/mol. The van der Waals surface area contributed by atoms with Gasteiger partial charge in [-0.2, -0.15) is 5.10 Å². The van der Waals surface area contributed by atoms with Gasteiger partial charge in [-0.25, -0.2) is 0 Å². The van der Waals surface area contributed by atoms with E-state index >= 15 is 0 Å². The van der Waals surface area contributed by atoms with Gasteiger partial charge in [0.05, 0.1) is 11.9 Å². The highest BCUT2D eigenvalue weighted by Gasteiger charge is 1.97. The minimum Gasteiger partial charge on any atom is -0.278 e. The molecule has 20 heavy (non-hydrogen) atoms. The van der Waals surface area contributed by atoms with Crippen molar-refractivity contribution in [1.29, 1.82) is 0 Å². The predicted molar refractivity (Wildman–Crippen MR) is 86.6 cm³/mol. The molecule has 0 radical (unpaired) electrons. The number of hydrogen-bond donors (Lipinski definition) is 1. The van der Waals surface area contributed by atoms with Gasteiger partial charge in [-0.3, -0.25) is 5.43 Å². The Hall–Kier alpha value is -2.32. The number of fused-ring (bicyclic) bond motifs is 1. The van der Waals surface area contributed by atoms with Gasteiger partial charge >= 0.3 is 0 Å². The lowest BCUT2D eigenvalue weighted by Gasteiger charge is -2.02. The zero-order chi connectivity index (χ0) is 13.8. The highest BCUT2D eigenvalue weighted by molar-refractivity contribution is 6.30. The summed E-state index contributed by atoms with van der Waals surface area (Å²) >= 11 is 5.93. The molecule has 1 N–H and O–H groups in total. The van der Waals surface area contributed by atoms with Crippen molar-refractivity contribution in [1.82, 2.24) is 0 Å². The third kappa shape index (κ3) is 2.81. The lowest BCUT2D eigenvalue weighted by Crippen LogP contribution is -1.91. The van der Waals surface area contributed by atoms with Gasteiger partial charge in [0.15, 0.2) is 0 Å². The van der Waals surface area contributed by atoms with Crippen molar-refractivity contribution in [2.24, 2.45) is 5.10 Å². The summed E-state index contributed by atoms with van der Waals surface area (Å²) in [6.45, 7) is 0. The van der Waals surface area contributed by atoms with Crippen LogP contribution in [0, 0.1) is 0 Å². The molecule has 0 unspecified atom stereocenters. The molecule has 0 fully saturated rings. The number of nitrogens with zero attached hydrogens (tertiary/aromatic N) is 1. The molecule has 3 rings (SSSR count). The summed E-state index contributed by atoms with van der Waals surface area (Å²) in [5, 5.41) is 7.35. The molecule has 3 aromatic rings. The molecule has 2 nitrogen and oxygen atoms in total. The Morgan fingerprint density at radius 2 is 1.70 bits per heavy atom. The molecule has 3 heteroatoms. The average Bonchev–Trinajstić information content (AvgIpc) is 2.48. The first kappa shape index (κ1) is 12.7. The maximum Gasteiger partial charge on any atom is 0.0576 e. The smallest absolute Gasteiger partial charge is 0.0576 e. The van der Waals surface area contributed by atoms with Gasteiger partial charge in [0, 0.05) is 10.6 Å². The van der Waals surface area contributed by atoms with Crippen LogP contribution in [0.1, 0.15) is 5.56 Å². The molecule has 3 aromatic carbocycles. The van der Waals surface area contributed by atoms with Gasteiger partial charge in [0.2, 0.25) is 0 Å². The van der Waals surface area contributed by atoms with Crippen LogP contribution in [0.25, 0.3) is 10.8 Å². The lowest BCUT2D eigenvalue weighted by molar-refractivity contribution is 1.35. The molecule has 0 saturated heterocycles. The molecular weight excluding hydrogens is 268 g/mol. The molecule has 0 aliphatic rings. The summed E-state index contributed by atoms with van der Waals surface area (Å²) in [4.78, 5) is 0. The van der Waals surface area contributed by atoms with Gasteiger partial charge in [0.1, 0.15) is 0 Å². The third-order valence-electron chi connectivity index (χ3n) is 3.05. The van der Waals surface area contributed by atoms with Gasteiger partial charge in [0.25, 0.3) is 0 Å². The van der Waals surface area contributed by atoms with Crippen molar-refractivity contribution in [2.45, 2.75) is 0 Å². The zero-order valence-electron chi connectivity index (χ0n) is 10.8. The van der Waals surface area contributed by atoms with Crippen LogP contribution in [0.4, 0.5) is 5.69 Å². The first-order valence-electron chi connectivity index (χ1n) is 6.35. The van der Waals surface area contributed by atoms with Crippen molar-refractivity contribution >= 4 is 34.3 Å². The second-order valence-corrected chi connectivity index (χ2v) is 4.89. The SMILES string of the molecule is Clc1cccc(NN=Cc2cccc3ccccc23)c1. The molecule has 0 heterocycles. The van der Waals surface area contributed by atoms with Crippen molar-refractivity contribution in [3.05, 3.63) is 77.3 Å². The Morgan fingerprint density at radius 3 is 2.60 bits per heavy atom. The van der Waals surface area contributed by atoms with Gasteiger partial charge < -0.3 is 0 Å². The van der Waals surface area contributed by atoms with E-state index in [1.807, 2.05) is 54.7 Å². The van der Waals surface area contributed by atoms with Crippen LogP contribution in [-0.4, -0.2) is 6.21 Å². The summed E-state index contributed by atoms with van der Waals surface area (Å²) in [6, 6.07) is 21.9. The van der Waals surface area contributed by atoms with Gasteiger partial charge in [-0.15, -0.1) is 0 Å². The fourth-order valence-electron chi connectivity index (χ4n) is 2.10. The van der Waals surface area contributed by atoms with E-state index in [1.54, 1.807) is 0 Å². The van der Waals surface area contributed by atoms with Crippen molar-refractivity contribution in [3.63, 3.8) is 0 Å². The highest BCUT2D eigenvalue weighted by Crippen LogP contribution is 2.17. The van der Waals surface area contributed by atoms with E-state index in [4.69, 9.17) is 11.6 Å². The van der Waals surface area contributed by atoms with E-state index in [-0.39, 0.29) is 0 Å². The first-order valence-corrected chi connectivity index (χ1v) is 6.73. The fraction of sp³-hybridized carbons (Fsp3) is 0. The molecule has 0 saturated carbocycles. The van der Waals surface area contributed by atoms with Crippen molar-refractivity contribution < 1.29 is 0 Å². The molecule has 0 amide bonds. The minimum absolute atomic E-state index is 0.690. The van der Waals surface area contributed by atoms with Crippen LogP contribution in [0.3, 0.4) is 0 Å². The molecule has 0 bridgehead atoms. The van der Waals surface area contributed by atoms with Crippen LogP contribution in [-0.2, 0) is 0 Å². The van der Waals surface area contributed by atoms with E-state index < -0.39 is 0 Å². The van der Waals surface area contributed by atoms with E-state index in [9.17, 15) is 0 Å². The Balaban J connectivity index is 1.84. The van der Waals surface area contributed by atoms with Crippen LogP contribution in [0.2, 0.25) is 5.02 Å². The summed E-state index contributed by atoms with van der Waals surface area (Å²) in [7, 11) is 0. The maximum absolute atomic E-state index is 5.93. The Labute approximate surface area is 122 Å². The van der Waals surface area contributed by atoms with Crippen molar-refractivity contribution in [2.75, 3.05) is 5.43 Å². The second kappa shape index (κ2) is 5.76. The zero-order valence-corrected chi connectivity index (χ0v) is 11.5. The summed E-state index contributed by atoms with van der Waals surface area (Å²) in [6.07, 6.45) is 1.82. The molecule has 0 aliphatic heterocycles. The summed E-state index contributed by atoms with van der Waals surface area (Å²) in [5.74, 6) is 0. The monoisotopic (exact) mass is 280 g/mol. The van der Waals surface area contributed by atoms with Crippen LogP contribution in [0.5, 0.6) is 0 Å². The largest absolute Gasteiger partial charge is 0.278 e. The van der Waals surface area contributed by atoms with Crippen LogP contribution in [0.15, 0.2) is 71.8 Å². The molecule has 0 aromatic heterocycles. The number of halogens is 1. The first-order chi connectivity index (χ1) is 9.83. The highest BCUT2D eigenvalue weighted by atomic mass is 35.5. The Kier molecular flexibility index (Phi) is 3.66. The van der Waals surface area contributed by atoms with Gasteiger partial charge in [-0.1, -0.05) is 60.1 Å². The van der Waals surface area contributed by atoms with Crippen LogP contribution < -0.4 is 5.43 Å². The number of hydrazone groups is 1. The Morgan fingerprint density at radius 1 is 0.900 bits per heavy atom. The fourth-order valence-corrected chi connectivity index (χ4v) is 2.29. The molecule has 0 atom stereocenters. The second-order valence-electron chi connectivity index (χ2n) is 4.45. The molecule has 98 valence electrons. The number of benzene rings is 3. The van der Waals surface area contributed by atoms with E-state index in [0.29, 0.717) is 5.02 Å². The topological polar surface area (TPSA) is 24.4 Å². The normalized spacial score (nSPS) is 11.1. The maximum atomic E-state index is 5.93. The predicted octanol–water partition coefficient (Wildman–Crippen LogP) is 4.94. The quantitative estimate of drug-likeness (QED) is 0.533. The minimum atomic E-state index is 0.690. The number of rotatable bonds is 3. The third-order valence-corrected chi connectivity index (χ3v) is 3.28. The summed E-state index contributed by atoms with van der Waals surface area (Å²) < 4.78 is 0. The lowest BCUT2D eigenvalue weighted by atomic mass is 10.1.